The summed E-state index contributed by atoms with van der Waals surface area (Å²) >= 11 is 0. The van der Waals surface area contributed by atoms with E-state index in [4.69, 9.17) is 5.84 Å². The fourth-order valence-electron chi connectivity index (χ4n) is 1.84. The molecule has 0 aliphatic heterocycles. The molecule has 0 atom stereocenters. The third kappa shape index (κ3) is 3.38. The SMILES string of the molecule is CCN(Cc1ccncc1)c1cc(C)nc(NN)n1. The van der Waals surface area contributed by atoms with Gasteiger partial charge in [0.25, 0.3) is 0 Å². The number of hydrazine groups is 1. The molecule has 2 aromatic rings. The molecule has 19 heavy (non-hydrogen) atoms. The Kier molecular flexibility index (Phi) is 4.25. The fraction of sp³-hybridized carbons (Fsp3) is 0.308. The maximum atomic E-state index is 5.38. The van der Waals surface area contributed by atoms with E-state index < -0.39 is 0 Å². The standard InChI is InChI=1S/C13H18N6/c1-3-19(9-11-4-6-15-7-5-11)12-8-10(2)16-13(17-12)18-14/h4-8H,3,9,14H2,1-2H3,(H,16,17,18). The number of aromatic nitrogens is 3. The molecule has 0 aromatic carbocycles. The van der Waals surface area contributed by atoms with Crippen molar-refractivity contribution in [3.05, 3.63) is 41.9 Å². The molecule has 6 heteroatoms. The predicted octanol–water partition coefficient (Wildman–Crippen LogP) is 1.49. The highest BCUT2D eigenvalue weighted by molar-refractivity contribution is 5.44. The molecule has 3 N–H and O–H groups in total. The number of hydrogen-bond acceptors (Lipinski definition) is 6. The van der Waals surface area contributed by atoms with Gasteiger partial charge in [0.1, 0.15) is 5.82 Å². The lowest BCUT2D eigenvalue weighted by Gasteiger charge is -2.22. The van der Waals surface area contributed by atoms with E-state index in [0.717, 1.165) is 24.6 Å². The molecule has 0 bridgehead atoms. The van der Waals surface area contributed by atoms with Gasteiger partial charge in [-0.1, -0.05) is 0 Å². The van der Waals surface area contributed by atoms with Gasteiger partial charge in [0.05, 0.1) is 0 Å². The van der Waals surface area contributed by atoms with Crippen LogP contribution in [-0.2, 0) is 6.54 Å². The van der Waals surface area contributed by atoms with Gasteiger partial charge in [0.15, 0.2) is 0 Å². The number of anilines is 2. The minimum absolute atomic E-state index is 0.433. The molecule has 0 fully saturated rings. The van der Waals surface area contributed by atoms with Crippen LogP contribution in [-0.4, -0.2) is 21.5 Å². The van der Waals surface area contributed by atoms with Crippen LogP contribution in [0.1, 0.15) is 18.2 Å². The van der Waals surface area contributed by atoms with Crippen LogP contribution in [0.5, 0.6) is 0 Å². The van der Waals surface area contributed by atoms with Gasteiger partial charge in [-0.25, -0.2) is 10.8 Å². The molecule has 100 valence electrons. The first kappa shape index (κ1) is 13.2. The summed E-state index contributed by atoms with van der Waals surface area (Å²) < 4.78 is 0. The number of nitrogen functional groups attached to an aromatic ring is 1. The van der Waals surface area contributed by atoms with E-state index >= 15 is 0 Å². The van der Waals surface area contributed by atoms with Crippen molar-refractivity contribution in [3.8, 4) is 0 Å². The van der Waals surface area contributed by atoms with Gasteiger partial charge >= 0.3 is 0 Å². The van der Waals surface area contributed by atoms with Crippen molar-refractivity contribution < 1.29 is 0 Å². The first-order chi connectivity index (χ1) is 9.22. The zero-order valence-corrected chi connectivity index (χ0v) is 11.2. The number of nitrogens with zero attached hydrogens (tertiary/aromatic N) is 4. The van der Waals surface area contributed by atoms with Gasteiger partial charge in [-0.05, 0) is 31.5 Å². The lowest BCUT2D eigenvalue weighted by Crippen LogP contribution is -2.24. The molecule has 6 nitrogen and oxygen atoms in total. The van der Waals surface area contributed by atoms with Crippen LogP contribution in [0.15, 0.2) is 30.6 Å². The average Bonchev–Trinajstić information content (AvgIpc) is 2.45. The van der Waals surface area contributed by atoms with Gasteiger partial charge in [0.2, 0.25) is 5.95 Å². The number of hydrogen-bond donors (Lipinski definition) is 2. The maximum Gasteiger partial charge on any atom is 0.239 e. The first-order valence-corrected chi connectivity index (χ1v) is 6.19. The highest BCUT2D eigenvalue weighted by Crippen LogP contribution is 2.16. The van der Waals surface area contributed by atoms with E-state index in [1.54, 1.807) is 12.4 Å². The largest absolute Gasteiger partial charge is 0.352 e. The highest BCUT2D eigenvalue weighted by atomic mass is 15.3. The monoisotopic (exact) mass is 258 g/mol. The molecular formula is C13H18N6. The summed E-state index contributed by atoms with van der Waals surface area (Å²) in [4.78, 5) is 14.8. The minimum Gasteiger partial charge on any atom is -0.352 e. The molecule has 2 heterocycles. The van der Waals surface area contributed by atoms with Crippen molar-refractivity contribution in [1.82, 2.24) is 15.0 Å². The Morgan fingerprint density at radius 3 is 2.63 bits per heavy atom. The van der Waals surface area contributed by atoms with Crippen LogP contribution in [0, 0.1) is 6.92 Å². The molecule has 0 saturated heterocycles. The summed E-state index contributed by atoms with van der Waals surface area (Å²) in [6.45, 7) is 5.64. The second-order valence-electron chi connectivity index (χ2n) is 4.21. The van der Waals surface area contributed by atoms with Crippen LogP contribution in [0.2, 0.25) is 0 Å². The Bertz CT molecular complexity index is 528. The van der Waals surface area contributed by atoms with Crippen molar-refractivity contribution in [2.75, 3.05) is 16.9 Å². The zero-order valence-electron chi connectivity index (χ0n) is 11.2. The molecule has 0 spiro atoms. The van der Waals surface area contributed by atoms with Crippen molar-refractivity contribution in [2.24, 2.45) is 5.84 Å². The Morgan fingerprint density at radius 2 is 2.00 bits per heavy atom. The Balaban J connectivity index is 2.24. The quantitative estimate of drug-likeness (QED) is 0.625. The van der Waals surface area contributed by atoms with Crippen molar-refractivity contribution in [1.29, 1.82) is 0 Å². The molecule has 0 saturated carbocycles. The van der Waals surface area contributed by atoms with E-state index in [-0.39, 0.29) is 0 Å². The number of rotatable bonds is 5. The Labute approximate surface area is 112 Å². The van der Waals surface area contributed by atoms with Crippen LogP contribution >= 0.6 is 0 Å². The number of pyridine rings is 1. The molecule has 0 radical (unpaired) electrons. The van der Waals surface area contributed by atoms with Crippen LogP contribution in [0.3, 0.4) is 0 Å². The Morgan fingerprint density at radius 1 is 1.26 bits per heavy atom. The lowest BCUT2D eigenvalue weighted by molar-refractivity contribution is 0.807. The summed E-state index contributed by atoms with van der Waals surface area (Å²) in [6.07, 6.45) is 3.59. The first-order valence-electron chi connectivity index (χ1n) is 6.19. The van der Waals surface area contributed by atoms with Gasteiger partial charge in [0, 0.05) is 37.2 Å². The number of nitrogens with two attached hydrogens (primary N) is 1. The smallest absolute Gasteiger partial charge is 0.239 e. The van der Waals surface area contributed by atoms with Crippen LogP contribution in [0.4, 0.5) is 11.8 Å². The summed E-state index contributed by atoms with van der Waals surface area (Å²) in [5.41, 5.74) is 4.56. The molecule has 0 aliphatic rings. The van der Waals surface area contributed by atoms with Crippen molar-refractivity contribution in [3.63, 3.8) is 0 Å². The highest BCUT2D eigenvalue weighted by Gasteiger charge is 2.09. The van der Waals surface area contributed by atoms with E-state index in [1.807, 2.05) is 25.1 Å². The summed E-state index contributed by atoms with van der Waals surface area (Å²) in [5, 5.41) is 0. The summed E-state index contributed by atoms with van der Waals surface area (Å²) in [6, 6.07) is 5.95. The number of nitrogens with one attached hydrogen (secondary N) is 1. The van der Waals surface area contributed by atoms with Gasteiger partial charge < -0.3 is 4.90 Å². The molecule has 0 aliphatic carbocycles. The second kappa shape index (κ2) is 6.10. The zero-order chi connectivity index (χ0) is 13.7. The van der Waals surface area contributed by atoms with Crippen LogP contribution < -0.4 is 16.2 Å². The van der Waals surface area contributed by atoms with E-state index in [9.17, 15) is 0 Å². The molecule has 2 rings (SSSR count). The third-order valence-electron chi connectivity index (χ3n) is 2.80. The van der Waals surface area contributed by atoms with E-state index in [2.05, 4.69) is 32.2 Å². The van der Waals surface area contributed by atoms with Gasteiger partial charge in [-0.15, -0.1) is 0 Å². The van der Waals surface area contributed by atoms with Gasteiger partial charge in [-0.2, -0.15) is 4.98 Å². The maximum absolute atomic E-state index is 5.38. The topological polar surface area (TPSA) is 80.0 Å². The van der Waals surface area contributed by atoms with Gasteiger partial charge in [-0.3, -0.25) is 10.4 Å². The predicted molar refractivity (Wildman–Crippen MR) is 75.5 cm³/mol. The lowest BCUT2D eigenvalue weighted by atomic mass is 10.2. The minimum atomic E-state index is 0.433. The normalized spacial score (nSPS) is 10.3. The third-order valence-corrected chi connectivity index (χ3v) is 2.80. The molecular weight excluding hydrogens is 240 g/mol. The second-order valence-corrected chi connectivity index (χ2v) is 4.21. The fourth-order valence-corrected chi connectivity index (χ4v) is 1.84. The molecule has 0 amide bonds. The number of aryl methyl sites for hydroxylation is 1. The van der Waals surface area contributed by atoms with E-state index in [0.29, 0.717) is 5.95 Å². The molecule has 0 unspecified atom stereocenters. The summed E-state index contributed by atoms with van der Waals surface area (Å²) in [5.74, 6) is 6.67. The van der Waals surface area contributed by atoms with Crippen molar-refractivity contribution in [2.45, 2.75) is 20.4 Å². The Hall–Kier alpha value is -2.21. The van der Waals surface area contributed by atoms with Crippen LogP contribution in [0.25, 0.3) is 0 Å². The van der Waals surface area contributed by atoms with Crippen molar-refractivity contribution >= 4 is 11.8 Å². The van der Waals surface area contributed by atoms with E-state index in [1.165, 1.54) is 5.56 Å². The summed E-state index contributed by atoms with van der Waals surface area (Å²) in [7, 11) is 0. The average molecular weight is 258 g/mol. The molecule has 2 aromatic heterocycles.